The molecule has 5 heteroatoms. The highest BCUT2D eigenvalue weighted by molar-refractivity contribution is 8.00. The minimum absolute atomic E-state index is 0.00271. The summed E-state index contributed by atoms with van der Waals surface area (Å²) in [6, 6.07) is 6.36. The van der Waals surface area contributed by atoms with Gasteiger partial charge in [0.15, 0.2) is 0 Å². The van der Waals surface area contributed by atoms with Gasteiger partial charge in [-0.25, -0.2) is 4.39 Å². The molecule has 1 heterocycles. The van der Waals surface area contributed by atoms with E-state index in [0.29, 0.717) is 17.4 Å². The Labute approximate surface area is 116 Å². The number of thioether (sulfide) groups is 1. The molecule has 0 spiro atoms. The maximum absolute atomic E-state index is 13.4. The Hall–Kier alpha value is -1.07. The third-order valence-corrected chi connectivity index (χ3v) is 4.61. The molecule has 1 aromatic rings. The summed E-state index contributed by atoms with van der Waals surface area (Å²) in [5, 5.41) is 9.32. The fraction of sp³-hybridized carbons (Fsp3) is 0.500. The van der Waals surface area contributed by atoms with Gasteiger partial charge in [-0.3, -0.25) is 4.79 Å². The van der Waals surface area contributed by atoms with Crippen molar-refractivity contribution >= 4 is 17.7 Å². The number of aliphatic hydroxyl groups is 1. The topological polar surface area (TPSA) is 40.5 Å². The molecule has 2 atom stereocenters. The molecule has 1 amide bonds. The van der Waals surface area contributed by atoms with E-state index in [9.17, 15) is 14.3 Å². The molecule has 1 N–H and O–H groups in total. The second-order valence-corrected chi connectivity index (χ2v) is 5.84. The van der Waals surface area contributed by atoms with Gasteiger partial charge in [-0.05, 0) is 24.5 Å². The van der Waals surface area contributed by atoms with E-state index in [-0.39, 0.29) is 30.1 Å². The lowest BCUT2D eigenvalue weighted by molar-refractivity contribution is -0.130. The molecule has 2 unspecified atom stereocenters. The van der Waals surface area contributed by atoms with E-state index in [1.54, 1.807) is 23.1 Å². The van der Waals surface area contributed by atoms with Crippen LogP contribution in [0.15, 0.2) is 29.2 Å². The van der Waals surface area contributed by atoms with E-state index in [2.05, 4.69) is 0 Å². The predicted octanol–water partition coefficient (Wildman–Crippen LogP) is 2.15. The van der Waals surface area contributed by atoms with Crippen LogP contribution >= 0.6 is 11.8 Å². The largest absolute Gasteiger partial charge is 0.394 e. The first-order chi connectivity index (χ1) is 9.13. The molecule has 0 aromatic heterocycles. The maximum atomic E-state index is 13.4. The Morgan fingerprint density at radius 2 is 2.26 bits per heavy atom. The zero-order valence-corrected chi connectivity index (χ0v) is 11.7. The van der Waals surface area contributed by atoms with Crippen LogP contribution in [0.3, 0.4) is 0 Å². The number of carbonyl (C=O) groups is 1. The maximum Gasteiger partial charge on any atom is 0.233 e. The lowest BCUT2D eigenvalue weighted by atomic mass is 10.0. The molecule has 0 saturated carbocycles. The minimum atomic E-state index is -0.297. The third kappa shape index (κ3) is 3.28. The molecule has 104 valence electrons. The van der Waals surface area contributed by atoms with Crippen LogP contribution in [0.4, 0.5) is 4.39 Å². The van der Waals surface area contributed by atoms with Crippen LogP contribution in [0.5, 0.6) is 0 Å². The number of halogens is 1. The quantitative estimate of drug-likeness (QED) is 0.861. The van der Waals surface area contributed by atoms with Crippen LogP contribution in [0.25, 0.3) is 0 Å². The van der Waals surface area contributed by atoms with Gasteiger partial charge in [-0.2, -0.15) is 0 Å². The second kappa shape index (κ2) is 6.39. The Bertz CT molecular complexity index is 455. The van der Waals surface area contributed by atoms with Gasteiger partial charge in [0.1, 0.15) is 5.82 Å². The SMILES string of the molecule is CC1CCN(C(=O)CSc2ccccc2F)C1CO. The summed E-state index contributed by atoms with van der Waals surface area (Å²) in [6.07, 6.45) is 0.918. The summed E-state index contributed by atoms with van der Waals surface area (Å²) in [7, 11) is 0. The van der Waals surface area contributed by atoms with Crippen molar-refractivity contribution in [3.8, 4) is 0 Å². The molecule has 1 saturated heterocycles. The normalized spacial score (nSPS) is 22.8. The number of hydrogen-bond donors (Lipinski definition) is 1. The summed E-state index contributed by atoms with van der Waals surface area (Å²) in [4.78, 5) is 14.3. The van der Waals surface area contributed by atoms with Crippen molar-refractivity contribution in [3.05, 3.63) is 30.1 Å². The van der Waals surface area contributed by atoms with E-state index in [1.165, 1.54) is 17.8 Å². The fourth-order valence-corrected chi connectivity index (χ4v) is 3.21. The van der Waals surface area contributed by atoms with Crippen molar-refractivity contribution in [2.24, 2.45) is 5.92 Å². The van der Waals surface area contributed by atoms with Gasteiger partial charge in [0.25, 0.3) is 0 Å². The smallest absolute Gasteiger partial charge is 0.233 e. The van der Waals surface area contributed by atoms with Gasteiger partial charge in [0, 0.05) is 11.4 Å². The van der Waals surface area contributed by atoms with Gasteiger partial charge < -0.3 is 10.0 Å². The molecule has 1 fully saturated rings. The van der Waals surface area contributed by atoms with Crippen LogP contribution in [-0.4, -0.2) is 40.9 Å². The molecule has 1 aromatic carbocycles. The summed E-state index contributed by atoms with van der Waals surface area (Å²) in [5.41, 5.74) is 0. The zero-order valence-electron chi connectivity index (χ0n) is 10.9. The van der Waals surface area contributed by atoms with Crippen LogP contribution in [-0.2, 0) is 4.79 Å². The van der Waals surface area contributed by atoms with Crippen molar-refractivity contribution < 1.29 is 14.3 Å². The van der Waals surface area contributed by atoms with E-state index < -0.39 is 0 Å². The summed E-state index contributed by atoms with van der Waals surface area (Å²) in [5.74, 6) is 0.210. The van der Waals surface area contributed by atoms with Crippen molar-refractivity contribution in [2.45, 2.75) is 24.3 Å². The molecule has 0 aliphatic carbocycles. The molecular formula is C14H18FNO2S. The second-order valence-electron chi connectivity index (χ2n) is 4.82. The molecule has 0 bridgehead atoms. The van der Waals surface area contributed by atoms with Gasteiger partial charge in [-0.1, -0.05) is 19.1 Å². The number of rotatable bonds is 4. The number of hydrogen-bond acceptors (Lipinski definition) is 3. The van der Waals surface area contributed by atoms with Crippen molar-refractivity contribution in [2.75, 3.05) is 18.9 Å². The average molecular weight is 283 g/mol. The standard InChI is InChI=1S/C14H18FNO2S/c1-10-6-7-16(12(10)8-17)14(18)9-19-13-5-3-2-4-11(13)15/h2-5,10,12,17H,6-9H2,1H3. The Morgan fingerprint density at radius 1 is 1.53 bits per heavy atom. The molecule has 3 nitrogen and oxygen atoms in total. The number of benzene rings is 1. The van der Waals surface area contributed by atoms with Crippen molar-refractivity contribution in [3.63, 3.8) is 0 Å². The van der Waals surface area contributed by atoms with Gasteiger partial charge in [0.2, 0.25) is 5.91 Å². The van der Waals surface area contributed by atoms with E-state index in [4.69, 9.17) is 0 Å². The van der Waals surface area contributed by atoms with Crippen molar-refractivity contribution in [1.29, 1.82) is 0 Å². The highest BCUT2D eigenvalue weighted by Gasteiger charge is 2.33. The molecule has 1 aliphatic heterocycles. The monoisotopic (exact) mass is 283 g/mol. The zero-order chi connectivity index (χ0) is 13.8. The Balaban J connectivity index is 1.93. The number of aliphatic hydroxyl groups excluding tert-OH is 1. The summed E-state index contributed by atoms with van der Waals surface area (Å²) in [6.45, 7) is 2.72. The summed E-state index contributed by atoms with van der Waals surface area (Å²) >= 11 is 1.21. The number of amides is 1. The lowest BCUT2D eigenvalue weighted by Gasteiger charge is -2.25. The van der Waals surface area contributed by atoms with Crippen LogP contribution in [0.2, 0.25) is 0 Å². The first-order valence-electron chi connectivity index (χ1n) is 6.41. The van der Waals surface area contributed by atoms with Gasteiger partial charge in [0.05, 0.1) is 18.4 Å². The molecule has 1 aliphatic rings. The first-order valence-corrected chi connectivity index (χ1v) is 7.39. The summed E-state index contributed by atoms with van der Waals surface area (Å²) < 4.78 is 13.4. The average Bonchev–Trinajstić information content (AvgIpc) is 2.78. The lowest BCUT2D eigenvalue weighted by Crippen LogP contribution is -2.40. The van der Waals surface area contributed by atoms with E-state index in [1.807, 2.05) is 6.92 Å². The molecular weight excluding hydrogens is 265 g/mol. The van der Waals surface area contributed by atoms with Crippen molar-refractivity contribution in [1.82, 2.24) is 4.90 Å². The molecule has 19 heavy (non-hydrogen) atoms. The van der Waals surface area contributed by atoms with Crippen LogP contribution in [0.1, 0.15) is 13.3 Å². The van der Waals surface area contributed by atoms with Gasteiger partial charge >= 0.3 is 0 Å². The minimum Gasteiger partial charge on any atom is -0.394 e. The van der Waals surface area contributed by atoms with E-state index in [0.717, 1.165) is 6.42 Å². The molecule has 0 radical (unpaired) electrons. The third-order valence-electron chi connectivity index (χ3n) is 3.58. The molecule has 2 rings (SSSR count). The fourth-order valence-electron chi connectivity index (χ4n) is 2.38. The number of nitrogens with zero attached hydrogens (tertiary/aromatic N) is 1. The number of carbonyl (C=O) groups excluding carboxylic acids is 1. The number of likely N-dealkylation sites (tertiary alicyclic amines) is 1. The first kappa shape index (κ1) is 14.3. The predicted molar refractivity (Wildman–Crippen MR) is 73.5 cm³/mol. The highest BCUT2D eigenvalue weighted by Crippen LogP contribution is 2.26. The Kier molecular flexibility index (Phi) is 4.82. The van der Waals surface area contributed by atoms with Gasteiger partial charge in [-0.15, -0.1) is 11.8 Å². The van der Waals surface area contributed by atoms with E-state index >= 15 is 0 Å². The highest BCUT2D eigenvalue weighted by atomic mass is 32.2. The Morgan fingerprint density at radius 3 is 2.95 bits per heavy atom. The van der Waals surface area contributed by atoms with Crippen LogP contribution in [0, 0.1) is 11.7 Å². The van der Waals surface area contributed by atoms with Crippen LogP contribution < -0.4 is 0 Å².